The number of hydrogen-bond donors (Lipinski definition) is 1. The lowest BCUT2D eigenvalue weighted by molar-refractivity contribution is 0.187. The SMILES string of the molecule is Cc1nn(C2CCC2C)c(N)c1I. The van der Waals surface area contributed by atoms with E-state index in [0.717, 1.165) is 21.0 Å². The van der Waals surface area contributed by atoms with Gasteiger partial charge in [0.15, 0.2) is 0 Å². The average molecular weight is 291 g/mol. The molecule has 1 saturated carbocycles. The quantitative estimate of drug-likeness (QED) is 0.807. The second-order valence-electron chi connectivity index (χ2n) is 3.85. The van der Waals surface area contributed by atoms with Crippen molar-refractivity contribution >= 4 is 28.4 Å². The Bertz CT molecular complexity index is 332. The van der Waals surface area contributed by atoms with Crippen LogP contribution in [0.15, 0.2) is 0 Å². The summed E-state index contributed by atoms with van der Waals surface area (Å²) in [4.78, 5) is 0. The van der Waals surface area contributed by atoms with Crippen molar-refractivity contribution in [2.45, 2.75) is 32.7 Å². The largest absolute Gasteiger partial charge is 0.383 e. The number of aryl methyl sites for hydroxylation is 1. The summed E-state index contributed by atoms with van der Waals surface area (Å²) < 4.78 is 3.11. The molecule has 0 saturated heterocycles. The minimum atomic E-state index is 0.544. The van der Waals surface area contributed by atoms with E-state index in [1.165, 1.54) is 12.8 Å². The van der Waals surface area contributed by atoms with Crippen LogP contribution >= 0.6 is 22.6 Å². The van der Waals surface area contributed by atoms with E-state index >= 15 is 0 Å². The highest BCUT2D eigenvalue weighted by Crippen LogP contribution is 2.39. The van der Waals surface area contributed by atoms with Gasteiger partial charge in [-0.25, -0.2) is 4.68 Å². The molecule has 0 bridgehead atoms. The summed E-state index contributed by atoms with van der Waals surface area (Å²) in [6, 6.07) is 0.544. The predicted octanol–water partition coefficient (Wildman–Crippen LogP) is 2.35. The predicted molar refractivity (Wildman–Crippen MR) is 61.5 cm³/mol. The molecular formula is C9H14IN3. The van der Waals surface area contributed by atoms with E-state index < -0.39 is 0 Å². The fourth-order valence-electron chi connectivity index (χ4n) is 1.81. The molecule has 1 aliphatic carbocycles. The van der Waals surface area contributed by atoms with E-state index in [2.05, 4.69) is 34.6 Å². The Morgan fingerprint density at radius 2 is 2.23 bits per heavy atom. The molecule has 1 aromatic heterocycles. The second-order valence-corrected chi connectivity index (χ2v) is 4.93. The van der Waals surface area contributed by atoms with Gasteiger partial charge in [0.1, 0.15) is 5.82 Å². The highest BCUT2D eigenvalue weighted by Gasteiger charge is 2.31. The maximum Gasteiger partial charge on any atom is 0.135 e. The standard InChI is InChI=1S/C9H14IN3/c1-5-3-4-7(5)13-9(11)8(10)6(2)12-13/h5,7H,3-4,11H2,1-2H3. The fourth-order valence-corrected chi connectivity index (χ4v) is 2.17. The average Bonchev–Trinajstić information content (AvgIpc) is 2.32. The van der Waals surface area contributed by atoms with Gasteiger partial charge < -0.3 is 5.73 Å². The molecule has 0 radical (unpaired) electrons. The maximum absolute atomic E-state index is 5.97. The minimum absolute atomic E-state index is 0.544. The molecule has 0 spiro atoms. The molecule has 0 amide bonds. The molecule has 1 heterocycles. The molecule has 3 nitrogen and oxygen atoms in total. The van der Waals surface area contributed by atoms with Gasteiger partial charge in [-0.15, -0.1) is 0 Å². The summed E-state index contributed by atoms with van der Waals surface area (Å²) in [7, 11) is 0. The third-order valence-corrected chi connectivity index (χ3v) is 4.27. The first-order valence-corrected chi connectivity index (χ1v) is 5.69. The third-order valence-electron chi connectivity index (χ3n) is 2.94. The van der Waals surface area contributed by atoms with Gasteiger partial charge in [-0.3, -0.25) is 0 Å². The van der Waals surface area contributed by atoms with E-state index in [9.17, 15) is 0 Å². The van der Waals surface area contributed by atoms with Crippen molar-refractivity contribution < 1.29 is 0 Å². The molecule has 1 aliphatic rings. The Hall–Kier alpha value is -0.260. The van der Waals surface area contributed by atoms with Crippen LogP contribution in [0, 0.1) is 16.4 Å². The second kappa shape index (κ2) is 3.15. The molecule has 4 heteroatoms. The third kappa shape index (κ3) is 1.35. The lowest BCUT2D eigenvalue weighted by Gasteiger charge is -2.34. The summed E-state index contributed by atoms with van der Waals surface area (Å²) in [5.41, 5.74) is 7.02. The molecule has 1 fully saturated rings. The van der Waals surface area contributed by atoms with Gasteiger partial charge in [0.2, 0.25) is 0 Å². The van der Waals surface area contributed by atoms with Crippen molar-refractivity contribution in [3.63, 3.8) is 0 Å². The van der Waals surface area contributed by atoms with Crippen LogP contribution in [0.25, 0.3) is 0 Å². The topological polar surface area (TPSA) is 43.8 Å². The number of rotatable bonds is 1. The minimum Gasteiger partial charge on any atom is -0.383 e. The number of halogens is 1. The number of nitrogens with two attached hydrogens (primary N) is 1. The van der Waals surface area contributed by atoms with E-state index in [0.29, 0.717) is 6.04 Å². The van der Waals surface area contributed by atoms with Crippen molar-refractivity contribution in [3.8, 4) is 0 Å². The first-order valence-electron chi connectivity index (χ1n) is 4.61. The monoisotopic (exact) mass is 291 g/mol. The van der Waals surface area contributed by atoms with Gasteiger partial charge in [0.25, 0.3) is 0 Å². The lowest BCUT2D eigenvalue weighted by atomic mass is 9.81. The Morgan fingerprint density at radius 3 is 2.54 bits per heavy atom. The summed E-state index contributed by atoms with van der Waals surface area (Å²) in [5.74, 6) is 1.58. The Balaban J connectivity index is 2.35. The zero-order chi connectivity index (χ0) is 9.59. The summed E-state index contributed by atoms with van der Waals surface area (Å²) in [6.07, 6.45) is 2.53. The normalized spacial score (nSPS) is 27.3. The molecule has 2 atom stereocenters. The first-order chi connectivity index (χ1) is 6.11. The highest BCUT2D eigenvalue weighted by molar-refractivity contribution is 14.1. The van der Waals surface area contributed by atoms with Crippen molar-refractivity contribution in [1.29, 1.82) is 0 Å². The van der Waals surface area contributed by atoms with E-state index in [1.807, 2.05) is 11.6 Å². The van der Waals surface area contributed by atoms with Gasteiger partial charge >= 0.3 is 0 Å². The number of aromatic nitrogens is 2. The van der Waals surface area contributed by atoms with Crippen molar-refractivity contribution in [2.75, 3.05) is 5.73 Å². The Labute approximate surface area is 91.8 Å². The summed E-state index contributed by atoms with van der Waals surface area (Å²) in [5, 5.41) is 4.47. The zero-order valence-corrected chi connectivity index (χ0v) is 10.1. The Morgan fingerprint density at radius 1 is 1.54 bits per heavy atom. The molecule has 72 valence electrons. The van der Waals surface area contributed by atoms with Crippen LogP contribution in [0.1, 0.15) is 31.5 Å². The molecule has 1 aromatic rings. The fraction of sp³-hybridized carbons (Fsp3) is 0.667. The smallest absolute Gasteiger partial charge is 0.135 e. The number of anilines is 1. The maximum atomic E-state index is 5.97. The van der Waals surface area contributed by atoms with Crippen LogP contribution in [0.2, 0.25) is 0 Å². The number of nitrogens with zero attached hydrogens (tertiary/aromatic N) is 2. The van der Waals surface area contributed by atoms with Crippen LogP contribution in [-0.2, 0) is 0 Å². The van der Waals surface area contributed by atoms with Gasteiger partial charge in [-0.1, -0.05) is 6.92 Å². The number of nitrogen functional groups attached to an aromatic ring is 1. The van der Waals surface area contributed by atoms with Crippen molar-refractivity contribution in [1.82, 2.24) is 9.78 Å². The van der Waals surface area contributed by atoms with Crippen molar-refractivity contribution in [2.24, 2.45) is 5.92 Å². The molecule has 13 heavy (non-hydrogen) atoms. The first kappa shape index (κ1) is 9.30. The van der Waals surface area contributed by atoms with Crippen LogP contribution in [0.5, 0.6) is 0 Å². The molecule has 2 rings (SSSR count). The van der Waals surface area contributed by atoms with E-state index in [1.54, 1.807) is 0 Å². The number of hydrogen-bond acceptors (Lipinski definition) is 2. The van der Waals surface area contributed by atoms with E-state index in [4.69, 9.17) is 5.73 Å². The van der Waals surface area contributed by atoms with E-state index in [-0.39, 0.29) is 0 Å². The molecular weight excluding hydrogens is 277 g/mol. The van der Waals surface area contributed by atoms with Gasteiger partial charge in [-0.2, -0.15) is 5.10 Å². The highest BCUT2D eigenvalue weighted by atomic mass is 127. The van der Waals surface area contributed by atoms with Crippen LogP contribution in [0.4, 0.5) is 5.82 Å². The van der Waals surface area contributed by atoms with Gasteiger partial charge in [0.05, 0.1) is 15.3 Å². The van der Waals surface area contributed by atoms with Crippen LogP contribution < -0.4 is 5.73 Å². The van der Waals surface area contributed by atoms with Crippen LogP contribution in [0.3, 0.4) is 0 Å². The van der Waals surface area contributed by atoms with Gasteiger partial charge in [0, 0.05) is 0 Å². The van der Waals surface area contributed by atoms with Gasteiger partial charge in [-0.05, 0) is 48.3 Å². The Kier molecular flexibility index (Phi) is 2.25. The lowest BCUT2D eigenvalue weighted by Crippen LogP contribution is -2.28. The van der Waals surface area contributed by atoms with Crippen molar-refractivity contribution in [3.05, 3.63) is 9.26 Å². The summed E-state index contributed by atoms with van der Waals surface area (Å²) in [6.45, 7) is 4.27. The molecule has 2 N–H and O–H groups in total. The van der Waals surface area contributed by atoms with Crippen LogP contribution in [-0.4, -0.2) is 9.78 Å². The summed E-state index contributed by atoms with van der Waals surface area (Å²) >= 11 is 2.26. The molecule has 0 aromatic carbocycles. The zero-order valence-electron chi connectivity index (χ0n) is 7.92. The molecule has 0 aliphatic heterocycles. The molecule has 2 unspecified atom stereocenters.